The van der Waals surface area contributed by atoms with Crippen molar-refractivity contribution in [3.05, 3.63) is 23.9 Å². The first-order valence-electron chi connectivity index (χ1n) is 7.75. The van der Waals surface area contributed by atoms with Crippen LogP contribution in [0, 0.1) is 5.92 Å². The largest absolute Gasteiger partial charge is 0.296 e. The first-order valence-corrected chi connectivity index (χ1v) is 8.56. The molecule has 0 bridgehead atoms. The lowest BCUT2D eigenvalue weighted by atomic mass is 10.1. The summed E-state index contributed by atoms with van der Waals surface area (Å²) in [6.45, 7) is 13.8. The highest BCUT2D eigenvalue weighted by Gasteiger charge is 2.29. The first kappa shape index (κ1) is 15.8. The van der Waals surface area contributed by atoms with Gasteiger partial charge in [-0.1, -0.05) is 40.7 Å². The van der Waals surface area contributed by atoms with Gasteiger partial charge in [0.05, 0.1) is 0 Å². The molecule has 2 nitrogen and oxygen atoms in total. The zero-order valence-corrected chi connectivity index (χ0v) is 14.3. The summed E-state index contributed by atoms with van der Waals surface area (Å²) in [7, 11) is 0. The van der Waals surface area contributed by atoms with E-state index in [2.05, 4.69) is 56.6 Å². The Bertz CT molecular complexity index is 437. The van der Waals surface area contributed by atoms with Crippen LogP contribution in [-0.2, 0) is 0 Å². The van der Waals surface area contributed by atoms with Crippen LogP contribution in [0.5, 0.6) is 0 Å². The van der Waals surface area contributed by atoms with Gasteiger partial charge < -0.3 is 0 Å². The van der Waals surface area contributed by atoms with Gasteiger partial charge in [0.1, 0.15) is 5.03 Å². The minimum absolute atomic E-state index is 0.213. The summed E-state index contributed by atoms with van der Waals surface area (Å²) in [5.74, 6) is 0.728. The molecule has 0 radical (unpaired) electrons. The molecule has 1 saturated heterocycles. The number of aromatic nitrogens is 1. The number of likely N-dealkylation sites (tertiary alicyclic amines) is 1. The second-order valence-electron chi connectivity index (χ2n) is 7.16. The zero-order valence-electron chi connectivity index (χ0n) is 13.5. The summed E-state index contributed by atoms with van der Waals surface area (Å²) < 4.78 is 0.213. The van der Waals surface area contributed by atoms with Crippen molar-refractivity contribution < 1.29 is 0 Å². The molecule has 1 aliphatic rings. The third-order valence-corrected chi connectivity index (χ3v) is 4.67. The highest BCUT2D eigenvalue weighted by Crippen LogP contribution is 2.40. The fraction of sp³-hybridized carbons (Fsp3) is 0.706. The van der Waals surface area contributed by atoms with Crippen molar-refractivity contribution in [2.75, 3.05) is 13.1 Å². The van der Waals surface area contributed by atoms with Crippen LogP contribution in [0.3, 0.4) is 0 Å². The van der Waals surface area contributed by atoms with E-state index in [4.69, 9.17) is 0 Å². The maximum absolute atomic E-state index is 4.66. The third kappa shape index (κ3) is 4.23. The number of hydrogen-bond donors (Lipinski definition) is 0. The molecule has 0 aliphatic carbocycles. The van der Waals surface area contributed by atoms with Crippen LogP contribution >= 0.6 is 11.8 Å². The maximum Gasteiger partial charge on any atom is 0.101 e. The van der Waals surface area contributed by atoms with Gasteiger partial charge in [-0.25, -0.2) is 4.98 Å². The van der Waals surface area contributed by atoms with E-state index in [1.807, 2.05) is 18.0 Å². The summed E-state index contributed by atoms with van der Waals surface area (Å²) in [5, 5.41) is 1.22. The number of pyridine rings is 1. The van der Waals surface area contributed by atoms with Crippen molar-refractivity contribution in [3.8, 4) is 0 Å². The molecule has 0 aromatic carbocycles. The summed E-state index contributed by atoms with van der Waals surface area (Å²) in [6.07, 6.45) is 4.52. The lowest BCUT2D eigenvalue weighted by molar-refractivity contribution is 0.226. The monoisotopic (exact) mass is 292 g/mol. The van der Waals surface area contributed by atoms with Crippen molar-refractivity contribution in [1.82, 2.24) is 9.88 Å². The van der Waals surface area contributed by atoms with Crippen LogP contribution < -0.4 is 0 Å². The average molecular weight is 292 g/mol. The van der Waals surface area contributed by atoms with E-state index in [0.717, 1.165) is 5.92 Å². The van der Waals surface area contributed by atoms with Crippen molar-refractivity contribution in [2.45, 2.75) is 63.3 Å². The van der Waals surface area contributed by atoms with Gasteiger partial charge in [0.25, 0.3) is 0 Å². The molecule has 1 aromatic rings. The van der Waals surface area contributed by atoms with Crippen LogP contribution in [-0.4, -0.2) is 27.7 Å². The Hall–Kier alpha value is -0.540. The Labute approximate surface area is 128 Å². The van der Waals surface area contributed by atoms with Crippen LogP contribution in [0.4, 0.5) is 0 Å². The standard InChI is InChI=1S/C17H28N2S/c1-13(2)12-19-11-7-9-15(19)14-8-6-10-18-16(14)20-17(3,4)5/h6,8,10,13,15H,7,9,11-12H2,1-5H3/t15-/m0/s1. The van der Waals surface area contributed by atoms with Crippen molar-refractivity contribution in [2.24, 2.45) is 5.92 Å². The predicted octanol–water partition coefficient (Wildman–Crippen LogP) is 4.77. The predicted molar refractivity (Wildman–Crippen MR) is 88.2 cm³/mol. The average Bonchev–Trinajstić information content (AvgIpc) is 2.74. The van der Waals surface area contributed by atoms with Crippen LogP contribution in [0.15, 0.2) is 23.4 Å². The molecule has 20 heavy (non-hydrogen) atoms. The molecule has 0 amide bonds. The molecule has 0 saturated carbocycles. The Morgan fingerprint density at radius 3 is 2.80 bits per heavy atom. The van der Waals surface area contributed by atoms with Gasteiger partial charge >= 0.3 is 0 Å². The van der Waals surface area contributed by atoms with E-state index in [0.29, 0.717) is 6.04 Å². The first-order chi connectivity index (χ1) is 9.37. The smallest absolute Gasteiger partial charge is 0.101 e. The molecule has 1 atom stereocenters. The quantitative estimate of drug-likeness (QED) is 0.744. The lowest BCUT2D eigenvalue weighted by Gasteiger charge is -2.28. The molecule has 0 N–H and O–H groups in total. The topological polar surface area (TPSA) is 16.1 Å². The van der Waals surface area contributed by atoms with E-state index in [-0.39, 0.29) is 4.75 Å². The minimum atomic E-state index is 0.213. The molecule has 2 heterocycles. The van der Waals surface area contributed by atoms with Gasteiger partial charge in [0.2, 0.25) is 0 Å². The molecule has 1 aliphatic heterocycles. The van der Waals surface area contributed by atoms with Crippen molar-refractivity contribution in [3.63, 3.8) is 0 Å². The van der Waals surface area contributed by atoms with Gasteiger partial charge in [-0.2, -0.15) is 0 Å². The highest BCUT2D eigenvalue weighted by molar-refractivity contribution is 8.00. The van der Waals surface area contributed by atoms with Crippen molar-refractivity contribution in [1.29, 1.82) is 0 Å². The van der Waals surface area contributed by atoms with E-state index in [1.165, 1.54) is 36.5 Å². The van der Waals surface area contributed by atoms with Gasteiger partial charge in [-0.05, 0) is 31.4 Å². The Balaban J connectivity index is 2.23. The Morgan fingerprint density at radius 1 is 1.40 bits per heavy atom. The van der Waals surface area contributed by atoms with E-state index in [1.54, 1.807) is 0 Å². The molecule has 0 unspecified atom stereocenters. The van der Waals surface area contributed by atoms with Gasteiger partial charge in [0, 0.05) is 29.1 Å². The molecular formula is C17H28N2S. The van der Waals surface area contributed by atoms with Gasteiger partial charge in [-0.3, -0.25) is 4.90 Å². The molecular weight excluding hydrogens is 264 g/mol. The zero-order chi connectivity index (χ0) is 14.8. The van der Waals surface area contributed by atoms with E-state index >= 15 is 0 Å². The molecule has 0 spiro atoms. The fourth-order valence-electron chi connectivity index (χ4n) is 2.90. The second-order valence-corrected chi connectivity index (χ2v) is 8.97. The lowest BCUT2D eigenvalue weighted by Crippen LogP contribution is -2.28. The molecule has 3 heteroatoms. The maximum atomic E-state index is 4.66. The minimum Gasteiger partial charge on any atom is -0.296 e. The number of nitrogens with zero attached hydrogens (tertiary/aromatic N) is 2. The van der Waals surface area contributed by atoms with Gasteiger partial charge in [-0.15, -0.1) is 11.8 Å². The Morgan fingerprint density at radius 2 is 2.15 bits per heavy atom. The van der Waals surface area contributed by atoms with Crippen molar-refractivity contribution >= 4 is 11.8 Å². The number of hydrogen-bond acceptors (Lipinski definition) is 3. The fourth-order valence-corrected chi connectivity index (χ4v) is 3.91. The number of rotatable bonds is 4. The molecule has 2 rings (SSSR count). The summed E-state index contributed by atoms with van der Waals surface area (Å²) in [5.41, 5.74) is 1.44. The van der Waals surface area contributed by atoms with E-state index < -0.39 is 0 Å². The highest BCUT2D eigenvalue weighted by atomic mass is 32.2. The third-order valence-electron chi connectivity index (χ3n) is 3.53. The number of thioether (sulfide) groups is 1. The SMILES string of the molecule is CC(C)CN1CCC[C@H]1c1cccnc1SC(C)(C)C. The van der Waals surface area contributed by atoms with Gasteiger partial charge in [0.15, 0.2) is 0 Å². The summed E-state index contributed by atoms with van der Waals surface area (Å²) in [4.78, 5) is 7.31. The van der Waals surface area contributed by atoms with Crippen LogP contribution in [0.1, 0.15) is 59.1 Å². The van der Waals surface area contributed by atoms with E-state index in [9.17, 15) is 0 Å². The Kier molecular flexibility index (Phi) is 5.14. The van der Waals surface area contributed by atoms with Crippen LogP contribution in [0.2, 0.25) is 0 Å². The summed E-state index contributed by atoms with van der Waals surface area (Å²) in [6, 6.07) is 4.94. The summed E-state index contributed by atoms with van der Waals surface area (Å²) >= 11 is 1.90. The second kappa shape index (κ2) is 6.48. The van der Waals surface area contributed by atoms with Crippen LogP contribution in [0.25, 0.3) is 0 Å². The normalized spacial score (nSPS) is 20.8. The molecule has 1 aromatic heterocycles. The molecule has 1 fully saturated rings. The molecule has 112 valence electrons.